The summed E-state index contributed by atoms with van der Waals surface area (Å²) in [5, 5.41) is 6.27. The number of anilines is 1. The van der Waals surface area contributed by atoms with Gasteiger partial charge in [-0.1, -0.05) is 53.5 Å². The number of thioether (sulfide) groups is 1. The molecule has 0 aromatic heterocycles. The van der Waals surface area contributed by atoms with Crippen LogP contribution in [0.25, 0.3) is 6.08 Å². The third kappa shape index (κ3) is 9.13. The molecular weight excluding hydrogens is 531 g/mol. The van der Waals surface area contributed by atoms with Crippen LogP contribution >= 0.6 is 35.0 Å². The number of esters is 1. The molecule has 3 rings (SSSR count). The van der Waals surface area contributed by atoms with Crippen LogP contribution < -0.4 is 10.6 Å². The van der Waals surface area contributed by atoms with Crippen LogP contribution in [0.1, 0.15) is 22.8 Å². The Morgan fingerprint density at radius 3 is 2.38 bits per heavy atom. The van der Waals surface area contributed by atoms with Crippen molar-refractivity contribution in [2.45, 2.75) is 11.8 Å². The maximum atomic E-state index is 13.2. The Bertz CT molecular complexity index is 1310. The molecule has 0 atom stereocenters. The Morgan fingerprint density at radius 1 is 0.973 bits per heavy atom. The molecule has 0 aliphatic rings. The summed E-state index contributed by atoms with van der Waals surface area (Å²) in [5.74, 6) is -0.739. The predicted octanol–water partition coefficient (Wildman–Crippen LogP) is 6.61. The maximum absolute atomic E-state index is 13.2. The Labute approximate surface area is 229 Å². The van der Waals surface area contributed by atoms with E-state index < -0.39 is 11.8 Å². The molecule has 0 heterocycles. The van der Waals surface area contributed by atoms with Gasteiger partial charge < -0.3 is 15.4 Å². The van der Waals surface area contributed by atoms with E-state index in [0.29, 0.717) is 39.2 Å². The predicted molar refractivity (Wildman–Crippen MR) is 150 cm³/mol. The van der Waals surface area contributed by atoms with Crippen LogP contribution in [0.3, 0.4) is 0 Å². The van der Waals surface area contributed by atoms with Gasteiger partial charge in [-0.3, -0.25) is 9.59 Å². The molecule has 37 heavy (non-hydrogen) atoms. The molecule has 0 fully saturated rings. The van der Waals surface area contributed by atoms with E-state index in [2.05, 4.69) is 10.6 Å². The fourth-order valence-electron chi connectivity index (χ4n) is 3.03. The van der Waals surface area contributed by atoms with Gasteiger partial charge in [0.15, 0.2) is 0 Å². The van der Waals surface area contributed by atoms with Crippen LogP contribution in [-0.4, -0.2) is 30.1 Å². The third-order valence-electron chi connectivity index (χ3n) is 4.79. The number of benzene rings is 3. The van der Waals surface area contributed by atoms with Crippen molar-refractivity contribution in [3.8, 4) is 0 Å². The number of hydrogen-bond acceptors (Lipinski definition) is 5. The first-order valence-corrected chi connectivity index (χ1v) is 13.0. The molecule has 0 unspecified atom stereocenters. The molecule has 0 bridgehead atoms. The second-order valence-corrected chi connectivity index (χ2v) is 9.42. The van der Waals surface area contributed by atoms with Gasteiger partial charge in [-0.2, -0.15) is 0 Å². The van der Waals surface area contributed by atoms with Crippen molar-refractivity contribution >= 4 is 64.5 Å². The minimum atomic E-state index is -0.520. The highest BCUT2D eigenvalue weighted by Crippen LogP contribution is 2.24. The highest BCUT2D eigenvalue weighted by Gasteiger charge is 2.16. The second-order valence-electron chi connectivity index (χ2n) is 7.49. The molecular formula is C28H24Cl2N2O4S. The number of carbonyl (C=O) groups is 3. The highest BCUT2D eigenvalue weighted by atomic mass is 35.5. The molecule has 190 valence electrons. The normalized spacial score (nSPS) is 11.3. The average molecular weight is 555 g/mol. The zero-order chi connectivity index (χ0) is 26.6. The van der Waals surface area contributed by atoms with Gasteiger partial charge in [-0.05, 0) is 67.1 Å². The van der Waals surface area contributed by atoms with Gasteiger partial charge in [0, 0.05) is 38.0 Å². The van der Waals surface area contributed by atoms with Crippen LogP contribution in [0.15, 0.2) is 95.5 Å². The molecule has 6 nitrogen and oxygen atoms in total. The van der Waals surface area contributed by atoms with E-state index in [9.17, 15) is 14.4 Å². The summed E-state index contributed by atoms with van der Waals surface area (Å²) in [6, 6.07) is 20.6. The quantitative estimate of drug-likeness (QED) is 0.167. The Hall–Kier alpha value is -3.52. The topological polar surface area (TPSA) is 84.5 Å². The number of ether oxygens (including phenoxy) is 1. The molecule has 2 N–H and O–H groups in total. The summed E-state index contributed by atoms with van der Waals surface area (Å²) in [5.41, 5.74) is 1.48. The molecule has 0 aliphatic heterocycles. The van der Waals surface area contributed by atoms with Crippen molar-refractivity contribution in [2.24, 2.45) is 0 Å². The largest absolute Gasteiger partial charge is 0.463 e. The van der Waals surface area contributed by atoms with E-state index in [0.717, 1.165) is 4.90 Å². The van der Waals surface area contributed by atoms with Gasteiger partial charge in [0.2, 0.25) is 0 Å². The summed E-state index contributed by atoms with van der Waals surface area (Å²) in [6.07, 6.45) is 4.62. The minimum Gasteiger partial charge on any atom is -0.463 e. The van der Waals surface area contributed by atoms with Crippen molar-refractivity contribution in [1.29, 1.82) is 0 Å². The van der Waals surface area contributed by atoms with Gasteiger partial charge in [0.1, 0.15) is 5.70 Å². The van der Waals surface area contributed by atoms with Crippen LogP contribution in [0.2, 0.25) is 10.0 Å². The van der Waals surface area contributed by atoms with E-state index in [1.54, 1.807) is 73.7 Å². The van der Waals surface area contributed by atoms with Crippen molar-refractivity contribution in [3.05, 3.63) is 112 Å². The zero-order valence-electron chi connectivity index (χ0n) is 19.9. The standard InChI is InChI=1S/C28H24Cl2N2O4S/c1-2-36-26(33)9-6-16-37-23-14-12-22(13-15-23)31-28(35)25(17-20-10-11-21(29)18-24(20)30)32-27(34)19-7-4-3-5-8-19/h3-15,17-18H,2,16H2,1H3,(H,31,35)(H,32,34)/b9-6+,25-17-. The lowest BCUT2D eigenvalue weighted by molar-refractivity contribution is -0.137. The Morgan fingerprint density at radius 2 is 1.70 bits per heavy atom. The number of rotatable bonds is 10. The first-order chi connectivity index (χ1) is 17.9. The number of halogens is 2. The fraction of sp³-hybridized carbons (Fsp3) is 0.107. The van der Waals surface area contributed by atoms with E-state index in [1.165, 1.54) is 23.9 Å². The van der Waals surface area contributed by atoms with Crippen LogP contribution in [0.5, 0.6) is 0 Å². The van der Waals surface area contributed by atoms with Crippen LogP contribution in [-0.2, 0) is 14.3 Å². The van der Waals surface area contributed by atoms with Gasteiger partial charge in [0.05, 0.1) is 6.61 Å². The van der Waals surface area contributed by atoms with Gasteiger partial charge in [-0.25, -0.2) is 4.79 Å². The molecule has 3 aromatic rings. The fourth-order valence-corrected chi connectivity index (χ4v) is 4.20. The Balaban J connectivity index is 1.72. The second kappa shape index (κ2) is 14.3. The minimum absolute atomic E-state index is 0.0145. The SMILES string of the molecule is CCOC(=O)/C=C/CSc1ccc(NC(=O)/C(=C/c2ccc(Cl)cc2Cl)NC(=O)c2ccccc2)cc1. The number of carbonyl (C=O) groups excluding carboxylic acids is 3. The highest BCUT2D eigenvalue weighted by molar-refractivity contribution is 7.99. The van der Waals surface area contributed by atoms with Gasteiger partial charge >= 0.3 is 5.97 Å². The molecule has 2 amide bonds. The van der Waals surface area contributed by atoms with E-state index in [4.69, 9.17) is 27.9 Å². The summed E-state index contributed by atoms with van der Waals surface area (Å²) in [7, 11) is 0. The number of amides is 2. The van der Waals surface area contributed by atoms with E-state index in [1.807, 2.05) is 12.1 Å². The lowest BCUT2D eigenvalue weighted by atomic mass is 10.1. The zero-order valence-corrected chi connectivity index (χ0v) is 22.2. The molecule has 9 heteroatoms. The van der Waals surface area contributed by atoms with Crippen molar-refractivity contribution in [1.82, 2.24) is 5.32 Å². The molecule has 0 spiro atoms. The molecule has 0 radical (unpaired) electrons. The molecule has 0 aliphatic carbocycles. The van der Waals surface area contributed by atoms with E-state index >= 15 is 0 Å². The molecule has 0 saturated heterocycles. The van der Waals surface area contributed by atoms with Crippen molar-refractivity contribution in [2.75, 3.05) is 17.7 Å². The number of hydrogen-bond donors (Lipinski definition) is 2. The van der Waals surface area contributed by atoms with Crippen LogP contribution in [0.4, 0.5) is 5.69 Å². The third-order valence-corrected chi connectivity index (χ3v) is 6.32. The summed E-state index contributed by atoms with van der Waals surface area (Å²) in [6.45, 7) is 2.09. The summed E-state index contributed by atoms with van der Waals surface area (Å²) < 4.78 is 4.85. The lowest BCUT2D eigenvalue weighted by Gasteiger charge is -2.12. The lowest BCUT2D eigenvalue weighted by Crippen LogP contribution is -2.30. The molecule has 3 aromatic carbocycles. The first kappa shape index (κ1) is 28.1. The smallest absolute Gasteiger partial charge is 0.330 e. The van der Waals surface area contributed by atoms with Crippen LogP contribution in [0, 0.1) is 0 Å². The van der Waals surface area contributed by atoms with Gasteiger partial charge in [0.25, 0.3) is 11.8 Å². The monoisotopic (exact) mass is 554 g/mol. The van der Waals surface area contributed by atoms with Gasteiger partial charge in [-0.15, -0.1) is 11.8 Å². The average Bonchev–Trinajstić information content (AvgIpc) is 2.89. The van der Waals surface area contributed by atoms with Crippen molar-refractivity contribution < 1.29 is 19.1 Å². The van der Waals surface area contributed by atoms with E-state index in [-0.39, 0.29) is 11.7 Å². The summed E-state index contributed by atoms with van der Waals surface area (Å²) in [4.78, 5) is 38.2. The number of nitrogens with one attached hydrogen (secondary N) is 2. The maximum Gasteiger partial charge on any atom is 0.330 e. The molecule has 0 saturated carbocycles. The summed E-state index contributed by atoms with van der Waals surface area (Å²) >= 11 is 13.8. The first-order valence-electron chi connectivity index (χ1n) is 11.3. The van der Waals surface area contributed by atoms with Crippen molar-refractivity contribution in [3.63, 3.8) is 0 Å². The Kier molecular flexibility index (Phi) is 10.8.